The van der Waals surface area contributed by atoms with Crippen LogP contribution in [0.4, 0.5) is 5.69 Å². The van der Waals surface area contributed by atoms with Crippen molar-refractivity contribution in [1.29, 1.82) is 0 Å². The molecular weight excluding hydrogens is 356 g/mol. The summed E-state index contributed by atoms with van der Waals surface area (Å²) in [6.07, 6.45) is 4.72. The van der Waals surface area contributed by atoms with Crippen molar-refractivity contribution < 1.29 is 0 Å². The normalized spacial score (nSPS) is 16.2. The van der Waals surface area contributed by atoms with Crippen molar-refractivity contribution in [3.63, 3.8) is 0 Å². The number of hydrogen-bond acceptors (Lipinski definition) is 1. The first-order chi connectivity index (χ1) is 10.7. The summed E-state index contributed by atoms with van der Waals surface area (Å²) in [6.45, 7) is 0. The molecule has 1 aliphatic carbocycles. The van der Waals surface area contributed by atoms with Crippen molar-refractivity contribution in [2.75, 3.05) is 5.32 Å². The minimum Gasteiger partial charge on any atom is -0.353 e. The van der Waals surface area contributed by atoms with E-state index >= 15 is 0 Å². The third-order valence-electron chi connectivity index (χ3n) is 4.22. The van der Waals surface area contributed by atoms with Gasteiger partial charge in [-0.15, -0.1) is 0 Å². The maximum absolute atomic E-state index is 5.55. The molecule has 0 heterocycles. The van der Waals surface area contributed by atoms with E-state index in [-0.39, 0.29) is 5.54 Å². The quantitative estimate of drug-likeness (QED) is 0.721. The number of benzene rings is 2. The highest BCUT2D eigenvalue weighted by Gasteiger charge is 2.35. The van der Waals surface area contributed by atoms with Crippen molar-refractivity contribution in [2.45, 2.75) is 31.2 Å². The van der Waals surface area contributed by atoms with Crippen LogP contribution in [0.3, 0.4) is 0 Å². The van der Waals surface area contributed by atoms with Gasteiger partial charge < -0.3 is 10.6 Å². The second-order valence-electron chi connectivity index (χ2n) is 5.74. The van der Waals surface area contributed by atoms with E-state index in [1.807, 2.05) is 24.3 Å². The zero-order valence-corrected chi connectivity index (χ0v) is 14.7. The standard InChI is InChI=1S/C18H19BrN2S/c19-15-9-6-10-16(13-15)20-17(22)21-18(11-4-5-12-18)14-7-2-1-3-8-14/h1-3,6-10,13H,4-5,11-12H2,(H2,20,21,22). The highest BCUT2D eigenvalue weighted by Crippen LogP contribution is 2.38. The van der Waals surface area contributed by atoms with Crippen molar-refractivity contribution in [2.24, 2.45) is 0 Å². The predicted octanol–water partition coefficient (Wildman–Crippen LogP) is 5.21. The van der Waals surface area contributed by atoms with Crippen LogP contribution in [0.5, 0.6) is 0 Å². The Morgan fingerprint density at radius 3 is 2.41 bits per heavy atom. The van der Waals surface area contributed by atoms with Gasteiger partial charge in [0.1, 0.15) is 0 Å². The van der Waals surface area contributed by atoms with E-state index in [4.69, 9.17) is 12.2 Å². The molecule has 0 saturated heterocycles. The van der Waals surface area contributed by atoms with Gasteiger partial charge in [-0.3, -0.25) is 0 Å². The van der Waals surface area contributed by atoms with Gasteiger partial charge in [0.2, 0.25) is 0 Å². The molecular formula is C18H19BrN2S. The average molecular weight is 375 g/mol. The Kier molecular flexibility index (Phi) is 4.79. The average Bonchev–Trinajstić information content (AvgIpc) is 2.98. The van der Waals surface area contributed by atoms with Gasteiger partial charge in [0, 0.05) is 10.2 Å². The van der Waals surface area contributed by atoms with E-state index < -0.39 is 0 Å². The smallest absolute Gasteiger partial charge is 0.171 e. The van der Waals surface area contributed by atoms with Gasteiger partial charge in [-0.1, -0.05) is 65.2 Å². The lowest BCUT2D eigenvalue weighted by atomic mass is 9.88. The third-order valence-corrected chi connectivity index (χ3v) is 4.92. The number of halogens is 1. The Labute approximate surface area is 145 Å². The van der Waals surface area contributed by atoms with Crippen LogP contribution in [0.15, 0.2) is 59.1 Å². The highest BCUT2D eigenvalue weighted by molar-refractivity contribution is 9.10. The van der Waals surface area contributed by atoms with Gasteiger partial charge in [-0.25, -0.2) is 0 Å². The van der Waals surface area contributed by atoms with Gasteiger partial charge in [0.05, 0.1) is 5.54 Å². The van der Waals surface area contributed by atoms with Gasteiger partial charge >= 0.3 is 0 Å². The lowest BCUT2D eigenvalue weighted by molar-refractivity contribution is 0.408. The molecule has 0 radical (unpaired) electrons. The van der Waals surface area contributed by atoms with Crippen molar-refractivity contribution >= 4 is 38.9 Å². The molecule has 0 unspecified atom stereocenters. The first kappa shape index (κ1) is 15.5. The minimum atomic E-state index is -0.0304. The SMILES string of the molecule is S=C(Nc1cccc(Br)c1)NC1(c2ccccc2)CCCC1. The van der Waals surface area contributed by atoms with Crippen LogP contribution in [0.2, 0.25) is 0 Å². The maximum atomic E-state index is 5.55. The van der Waals surface area contributed by atoms with Crippen LogP contribution < -0.4 is 10.6 Å². The summed E-state index contributed by atoms with van der Waals surface area (Å²) in [5.41, 5.74) is 2.29. The fourth-order valence-corrected chi connectivity index (χ4v) is 3.88. The molecule has 2 aromatic rings. The molecule has 22 heavy (non-hydrogen) atoms. The zero-order valence-electron chi connectivity index (χ0n) is 12.3. The molecule has 0 spiro atoms. The lowest BCUT2D eigenvalue weighted by Gasteiger charge is -2.32. The fraction of sp³-hybridized carbons (Fsp3) is 0.278. The van der Waals surface area contributed by atoms with Crippen LogP contribution in [-0.4, -0.2) is 5.11 Å². The maximum Gasteiger partial charge on any atom is 0.171 e. The first-order valence-electron chi connectivity index (χ1n) is 7.58. The van der Waals surface area contributed by atoms with E-state index in [0.29, 0.717) is 5.11 Å². The molecule has 2 aromatic carbocycles. The van der Waals surface area contributed by atoms with Crippen LogP contribution in [0.1, 0.15) is 31.2 Å². The number of rotatable bonds is 3. The molecule has 114 valence electrons. The van der Waals surface area contributed by atoms with E-state index in [1.54, 1.807) is 0 Å². The van der Waals surface area contributed by atoms with Crippen molar-refractivity contribution in [3.8, 4) is 0 Å². The number of anilines is 1. The van der Waals surface area contributed by atoms with Crippen LogP contribution in [-0.2, 0) is 5.54 Å². The summed E-state index contributed by atoms with van der Waals surface area (Å²) in [6, 6.07) is 18.7. The Hall–Kier alpha value is -1.39. The second kappa shape index (κ2) is 6.80. The molecule has 0 amide bonds. The largest absolute Gasteiger partial charge is 0.353 e. The third kappa shape index (κ3) is 3.50. The van der Waals surface area contributed by atoms with Crippen LogP contribution in [0, 0.1) is 0 Å². The Balaban J connectivity index is 1.76. The number of nitrogens with one attached hydrogen (secondary N) is 2. The summed E-state index contributed by atoms with van der Waals surface area (Å²) >= 11 is 9.03. The van der Waals surface area contributed by atoms with E-state index in [1.165, 1.54) is 18.4 Å². The summed E-state index contributed by atoms with van der Waals surface area (Å²) in [7, 11) is 0. The summed E-state index contributed by atoms with van der Waals surface area (Å²) < 4.78 is 1.04. The predicted molar refractivity (Wildman–Crippen MR) is 100 cm³/mol. The Morgan fingerprint density at radius 2 is 1.73 bits per heavy atom. The molecule has 0 aromatic heterocycles. The molecule has 2 nitrogen and oxygen atoms in total. The van der Waals surface area contributed by atoms with Crippen LogP contribution >= 0.6 is 28.1 Å². The monoisotopic (exact) mass is 374 g/mol. The molecule has 1 aliphatic rings. The van der Waals surface area contributed by atoms with E-state index in [9.17, 15) is 0 Å². The molecule has 0 atom stereocenters. The minimum absolute atomic E-state index is 0.0304. The Morgan fingerprint density at radius 1 is 1.00 bits per heavy atom. The molecule has 4 heteroatoms. The topological polar surface area (TPSA) is 24.1 Å². The van der Waals surface area contributed by atoms with Gasteiger partial charge in [0.25, 0.3) is 0 Å². The first-order valence-corrected chi connectivity index (χ1v) is 8.78. The molecule has 2 N–H and O–H groups in total. The van der Waals surface area contributed by atoms with Gasteiger partial charge in [0.15, 0.2) is 5.11 Å². The summed E-state index contributed by atoms with van der Waals surface area (Å²) in [5, 5.41) is 7.56. The number of thiocarbonyl (C=S) groups is 1. The van der Waals surface area contributed by atoms with Crippen molar-refractivity contribution in [1.82, 2.24) is 5.32 Å². The Bertz CT molecular complexity index is 651. The van der Waals surface area contributed by atoms with Gasteiger partial charge in [-0.05, 0) is 48.8 Å². The van der Waals surface area contributed by atoms with E-state index in [2.05, 4.69) is 56.9 Å². The molecule has 1 fully saturated rings. The summed E-state index contributed by atoms with van der Waals surface area (Å²) in [4.78, 5) is 0. The van der Waals surface area contributed by atoms with Crippen molar-refractivity contribution in [3.05, 3.63) is 64.6 Å². The molecule has 0 aliphatic heterocycles. The van der Waals surface area contributed by atoms with Crippen LogP contribution in [0.25, 0.3) is 0 Å². The second-order valence-corrected chi connectivity index (χ2v) is 7.07. The lowest BCUT2D eigenvalue weighted by Crippen LogP contribution is -2.45. The highest BCUT2D eigenvalue weighted by atomic mass is 79.9. The number of hydrogen-bond donors (Lipinski definition) is 2. The molecule has 0 bridgehead atoms. The van der Waals surface area contributed by atoms with Gasteiger partial charge in [-0.2, -0.15) is 0 Å². The zero-order chi connectivity index (χ0) is 15.4. The summed E-state index contributed by atoms with van der Waals surface area (Å²) in [5.74, 6) is 0. The van der Waals surface area contributed by atoms with E-state index in [0.717, 1.165) is 23.0 Å². The molecule has 1 saturated carbocycles. The molecule has 3 rings (SSSR count). The fourth-order valence-electron chi connectivity index (χ4n) is 3.17.